The first-order valence-corrected chi connectivity index (χ1v) is 5.81. The third-order valence-corrected chi connectivity index (χ3v) is 2.95. The van der Waals surface area contributed by atoms with Gasteiger partial charge in [0.25, 0.3) is 0 Å². The van der Waals surface area contributed by atoms with E-state index in [1.807, 2.05) is 25.1 Å². The minimum atomic E-state index is -0.0524. The molecule has 1 amide bonds. The maximum atomic E-state index is 10.8. The maximum absolute atomic E-state index is 10.8. The summed E-state index contributed by atoms with van der Waals surface area (Å²) in [5.74, 6) is -0.0524. The van der Waals surface area contributed by atoms with Gasteiger partial charge in [0, 0.05) is 25.1 Å². The van der Waals surface area contributed by atoms with Crippen LogP contribution in [-0.4, -0.2) is 17.1 Å². The highest BCUT2D eigenvalue weighted by atomic mass is 16.3. The lowest BCUT2D eigenvalue weighted by Crippen LogP contribution is -2.22. The minimum Gasteiger partial charge on any atom is -0.356 e. The molecule has 0 spiro atoms. The number of aromatic nitrogens is 1. The maximum Gasteiger partial charge on any atom is 0.216 e. The zero-order valence-electron chi connectivity index (χ0n) is 10.4. The van der Waals surface area contributed by atoms with Crippen LogP contribution < -0.4 is 5.32 Å². The summed E-state index contributed by atoms with van der Waals surface area (Å²) in [5.41, 5.74) is 2.87. The number of carbonyl (C=O) groups excluding carboxylic acids is 1. The Bertz CT molecular complexity index is 602. The normalized spacial score (nSPS) is 10.6. The van der Waals surface area contributed by atoms with Crippen molar-refractivity contribution in [3.05, 3.63) is 40.4 Å². The molecule has 5 nitrogen and oxygen atoms in total. The molecular formula is C13H15N3O2. The number of hydrogen-bond acceptors (Lipinski definition) is 3. The molecule has 18 heavy (non-hydrogen) atoms. The largest absolute Gasteiger partial charge is 0.356 e. The van der Waals surface area contributed by atoms with Crippen LogP contribution in [0.15, 0.2) is 29.7 Å². The van der Waals surface area contributed by atoms with E-state index < -0.39 is 0 Å². The summed E-state index contributed by atoms with van der Waals surface area (Å²) in [6.45, 7) is 3.99. The summed E-state index contributed by atoms with van der Waals surface area (Å²) < 4.78 is 1.35. The number of benzene rings is 1. The second-order valence-corrected chi connectivity index (χ2v) is 4.28. The fourth-order valence-corrected chi connectivity index (χ4v) is 2.14. The van der Waals surface area contributed by atoms with Crippen molar-refractivity contribution in [1.29, 1.82) is 0 Å². The van der Waals surface area contributed by atoms with Crippen LogP contribution in [0.2, 0.25) is 0 Å². The summed E-state index contributed by atoms with van der Waals surface area (Å²) in [7, 11) is 0. The van der Waals surface area contributed by atoms with E-state index in [-0.39, 0.29) is 5.91 Å². The van der Waals surface area contributed by atoms with Crippen molar-refractivity contribution in [2.24, 2.45) is 5.29 Å². The molecule has 0 aliphatic heterocycles. The van der Waals surface area contributed by atoms with Gasteiger partial charge in [-0.2, -0.15) is 0 Å². The third kappa shape index (κ3) is 2.25. The molecule has 1 aromatic carbocycles. The molecule has 2 aromatic rings. The zero-order chi connectivity index (χ0) is 13.1. The predicted octanol–water partition coefficient (Wildman–Crippen LogP) is 2.16. The standard InChI is InChI=1S/C13H15N3O2/c1-9-4-3-5-12-11(6-7-14-10(2)17)8-16(15-18)13(9)12/h3-5,8H,6-7H2,1-2H3,(H,14,17). The van der Waals surface area contributed by atoms with E-state index >= 15 is 0 Å². The molecule has 2 rings (SSSR count). The Hall–Kier alpha value is -2.17. The van der Waals surface area contributed by atoms with E-state index in [0.29, 0.717) is 13.0 Å². The summed E-state index contributed by atoms with van der Waals surface area (Å²) >= 11 is 0. The Labute approximate surface area is 105 Å². The van der Waals surface area contributed by atoms with E-state index in [4.69, 9.17) is 0 Å². The number of rotatable bonds is 4. The first-order valence-electron chi connectivity index (χ1n) is 5.81. The minimum absolute atomic E-state index is 0.0524. The van der Waals surface area contributed by atoms with Crippen molar-refractivity contribution in [2.75, 3.05) is 6.54 Å². The van der Waals surface area contributed by atoms with Crippen LogP contribution in [0, 0.1) is 11.8 Å². The van der Waals surface area contributed by atoms with Crippen LogP contribution in [0.1, 0.15) is 18.1 Å². The summed E-state index contributed by atoms with van der Waals surface area (Å²) in [6.07, 6.45) is 2.41. The smallest absolute Gasteiger partial charge is 0.216 e. The van der Waals surface area contributed by atoms with Gasteiger partial charge < -0.3 is 5.32 Å². The van der Waals surface area contributed by atoms with E-state index in [9.17, 15) is 9.70 Å². The monoisotopic (exact) mass is 245 g/mol. The van der Waals surface area contributed by atoms with E-state index in [1.165, 1.54) is 11.6 Å². The van der Waals surface area contributed by atoms with E-state index in [0.717, 1.165) is 22.0 Å². The molecule has 0 aliphatic carbocycles. The molecule has 0 saturated carbocycles. The van der Waals surface area contributed by atoms with Gasteiger partial charge in [-0.1, -0.05) is 18.2 Å². The Kier molecular flexibility index (Phi) is 3.41. The third-order valence-electron chi connectivity index (χ3n) is 2.95. The Morgan fingerprint density at radius 3 is 2.89 bits per heavy atom. The number of aryl methyl sites for hydroxylation is 1. The van der Waals surface area contributed by atoms with Gasteiger partial charge in [0.15, 0.2) is 0 Å². The molecule has 1 N–H and O–H groups in total. The molecule has 0 unspecified atom stereocenters. The number of fused-ring (bicyclic) bond motifs is 1. The Morgan fingerprint density at radius 1 is 1.44 bits per heavy atom. The molecule has 0 saturated heterocycles. The number of nitrogens with one attached hydrogen (secondary N) is 1. The molecular weight excluding hydrogens is 230 g/mol. The van der Waals surface area contributed by atoms with Crippen LogP contribution in [0.3, 0.4) is 0 Å². The van der Waals surface area contributed by atoms with Crippen LogP contribution >= 0.6 is 0 Å². The Balaban J connectivity index is 2.36. The highest BCUT2D eigenvalue weighted by Crippen LogP contribution is 2.24. The highest BCUT2D eigenvalue weighted by molar-refractivity contribution is 5.86. The fourth-order valence-electron chi connectivity index (χ4n) is 2.14. The van der Waals surface area contributed by atoms with Crippen molar-refractivity contribution in [1.82, 2.24) is 9.99 Å². The molecule has 94 valence electrons. The van der Waals surface area contributed by atoms with Gasteiger partial charge in [0.05, 0.1) is 10.8 Å². The van der Waals surface area contributed by atoms with Crippen molar-refractivity contribution < 1.29 is 4.79 Å². The SMILES string of the molecule is CC(=O)NCCc1cn(N=O)c2c(C)cccc12. The average molecular weight is 245 g/mol. The van der Waals surface area contributed by atoms with Gasteiger partial charge in [0.2, 0.25) is 5.91 Å². The second-order valence-electron chi connectivity index (χ2n) is 4.28. The lowest BCUT2D eigenvalue weighted by molar-refractivity contribution is -0.118. The molecule has 0 bridgehead atoms. The van der Waals surface area contributed by atoms with E-state index in [2.05, 4.69) is 10.6 Å². The van der Waals surface area contributed by atoms with Crippen molar-refractivity contribution in [2.45, 2.75) is 20.3 Å². The number of nitroso groups, excluding NO2 is 1. The molecule has 0 aliphatic rings. The molecule has 0 atom stereocenters. The first-order chi connectivity index (χ1) is 8.63. The topological polar surface area (TPSA) is 63.5 Å². The van der Waals surface area contributed by atoms with Crippen LogP contribution in [0.4, 0.5) is 0 Å². The van der Waals surface area contributed by atoms with Crippen molar-refractivity contribution in [3.63, 3.8) is 0 Å². The summed E-state index contributed by atoms with van der Waals surface area (Å²) in [5, 5.41) is 6.76. The molecule has 1 aromatic heterocycles. The predicted molar refractivity (Wildman–Crippen MR) is 70.3 cm³/mol. The van der Waals surface area contributed by atoms with Crippen molar-refractivity contribution in [3.8, 4) is 0 Å². The number of nitrogens with zero attached hydrogens (tertiary/aromatic N) is 2. The highest BCUT2D eigenvalue weighted by Gasteiger charge is 2.10. The van der Waals surface area contributed by atoms with Crippen LogP contribution in [0.25, 0.3) is 10.9 Å². The zero-order valence-corrected chi connectivity index (χ0v) is 10.4. The summed E-state index contributed by atoms with van der Waals surface area (Å²) in [6, 6.07) is 5.86. The number of amides is 1. The lowest BCUT2D eigenvalue weighted by atomic mass is 10.1. The number of para-hydroxylation sites is 1. The van der Waals surface area contributed by atoms with Gasteiger partial charge in [-0.15, -0.1) is 4.91 Å². The first kappa shape index (κ1) is 12.3. The fraction of sp³-hybridized carbons (Fsp3) is 0.308. The molecule has 5 heteroatoms. The van der Waals surface area contributed by atoms with Crippen molar-refractivity contribution >= 4 is 16.8 Å². The molecule has 0 fully saturated rings. The van der Waals surface area contributed by atoms with Gasteiger partial charge in [0.1, 0.15) is 0 Å². The van der Waals surface area contributed by atoms with Gasteiger partial charge in [-0.3, -0.25) is 4.79 Å². The molecule has 1 heterocycles. The quantitative estimate of drug-likeness (QED) is 0.839. The van der Waals surface area contributed by atoms with Gasteiger partial charge in [-0.25, -0.2) is 4.68 Å². The lowest BCUT2D eigenvalue weighted by Gasteiger charge is -2.01. The van der Waals surface area contributed by atoms with Gasteiger partial charge >= 0.3 is 0 Å². The number of hydrogen-bond donors (Lipinski definition) is 1. The van der Waals surface area contributed by atoms with Crippen LogP contribution in [-0.2, 0) is 11.2 Å². The van der Waals surface area contributed by atoms with Gasteiger partial charge in [-0.05, 0) is 24.5 Å². The Morgan fingerprint density at radius 2 is 2.22 bits per heavy atom. The van der Waals surface area contributed by atoms with Crippen LogP contribution in [0.5, 0.6) is 0 Å². The molecule has 0 radical (unpaired) electrons. The van der Waals surface area contributed by atoms with E-state index in [1.54, 1.807) is 6.20 Å². The summed E-state index contributed by atoms with van der Waals surface area (Å²) in [4.78, 5) is 21.6. The second kappa shape index (κ2) is 5.00. The number of carbonyl (C=O) groups is 1. The average Bonchev–Trinajstić information content (AvgIpc) is 2.69.